The van der Waals surface area contributed by atoms with Crippen LogP contribution in [0.3, 0.4) is 0 Å². The zero-order valence-electron chi connectivity index (χ0n) is 13.1. The maximum absolute atomic E-state index is 12.5. The number of Topliss-reactive ketones (excluding diaryl/α,β-unsaturated/α-hetero) is 1. The van der Waals surface area contributed by atoms with Crippen LogP contribution in [0.15, 0.2) is 42.5 Å². The van der Waals surface area contributed by atoms with Gasteiger partial charge in [0.1, 0.15) is 17.2 Å². The Morgan fingerprint density at radius 3 is 2.23 bits per heavy atom. The van der Waals surface area contributed by atoms with Crippen LogP contribution in [0.1, 0.15) is 22.8 Å². The minimum Gasteiger partial charge on any atom is -0.497 e. The summed E-state index contributed by atoms with van der Waals surface area (Å²) in [5.74, 6) is 1.98. The van der Waals surface area contributed by atoms with Gasteiger partial charge in [-0.3, -0.25) is 4.79 Å². The lowest BCUT2D eigenvalue weighted by molar-refractivity contribution is 0.0989. The molecule has 0 aromatic heterocycles. The van der Waals surface area contributed by atoms with Crippen molar-refractivity contribution in [3.8, 4) is 17.2 Å². The summed E-state index contributed by atoms with van der Waals surface area (Å²) in [6.07, 6.45) is 0.302. The number of hydrogen-bond donors (Lipinski definition) is 0. The minimum absolute atomic E-state index is 0.0140. The van der Waals surface area contributed by atoms with Crippen LogP contribution in [0.4, 0.5) is 0 Å². The molecule has 0 heterocycles. The highest BCUT2D eigenvalue weighted by molar-refractivity contribution is 6.00. The van der Waals surface area contributed by atoms with E-state index in [9.17, 15) is 4.79 Å². The molecule has 0 aliphatic carbocycles. The van der Waals surface area contributed by atoms with Crippen molar-refractivity contribution in [1.29, 1.82) is 0 Å². The average molecular weight is 300 g/mol. The van der Waals surface area contributed by atoms with Crippen molar-refractivity contribution in [2.24, 2.45) is 0 Å². The topological polar surface area (TPSA) is 44.8 Å². The summed E-state index contributed by atoms with van der Waals surface area (Å²) in [4.78, 5) is 12.5. The van der Waals surface area contributed by atoms with Gasteiger partial charge < -0.3 is 14.2 Å². The van der Waals surface area contributed by atoms with E-state index in [1.165, 1.54) is 0 Å². The second kappa shape index (κ2) is 7.50. The first-order valence-corrected chi connectivity index (χ1v) is 7.15. The van der Waals surface area contributed by atoms with Gasteiger partial charge in [0, 0.05) is 6.42 Å². The van der Waals surface area contributed by atoms with Gasteiger partial charge in [-0.2, -0.15) is 0 Å². The van der Waals surface area contributed by atoms with E-state index in [1.807, 2.05) is 31.2 Å². The molecular weight excluding hydrogens is 280 g/mol. The Morgan fingerprint density at radius 2 is 1.64 bits per heavy atom. The Hall–Kier alpha value is -2.49. The van der Waals surface area contributed by atoms with E-state index < -0.39 is 0 Å². The molecule has 0 aliphatic heterocycles. The summed E-state index contributed by atoms with van der Waals surface area (Å²) in [7, 11) is 3.12. The van der Waals surface area contributed by atoms with E-state index in [2.05, 4.69) is 0 Å². The van der Waals surface area contributed by atoms with Crippen molar-refractivity contribution in [1.82, 2.24) is 0 Å². The van der Waals surface area contributed by atoms with Gasteiger partial charge in [0.25, 0.3) is 0 Å². The summed E-state index contributed by atoms with van der Waals surface area (Å²) >= 11 is 0. The van der Waals surface area contributed by atoms with Gasteiger partial charge in [-0.1, -0.05) is 12.1 Å². The van der Waals surface area contributed by atoms with Crippen LogP contribution in [-0.2, 0) is 6.42 Å². The van der Waals surface area contributed by atoms with Gasteiger partial charge in [0.05, 0.1) is 26.4 Å². The maximum atomic E-state index is 12.5. The van der Waals surface area contributed by atoms with Crippen molar-refractivity contribution < 1.29 is 19.0 Å². The van der Waals surface area contributed by atoms with E-state index >= 15 is 0 Å². The molecule has 116 valence electrons. The molecule has 0 amide bonds. The van der Waals surface area contributed by atoms with Crippen molar-refractivity contribution in [2.45, 2.75) is 13.3 Å². The normalized spacial score (nSPS) is 10.1. The smallest absolute Gasteiger partial charge is 0.171 e. The summed E-state index contributed by atoms with van der Waals surface area (Å²) in [5.41, 5.74) is 1.45. The number of ether oxygens (including phenoxy) is 3. The highest BCUT2D eigenvalue weighted by atomic mass is 16.5. The number of methoxy groups -OCH3 is 2. The van der Waals surface area contributed by atoms with Crippen LogP contribution in [0.2, 0.25) is 0 Å². The number of rotatable bonds is 7. The predicted molar refractivity (Wildman–Crippen MR) is 85.2 cm³/mol. The third-order valence-corrected chi connectivity index (χ3v) is 3.31. The van der Waals surface area contributed by atoms with Gasteiger partial charge in [-0.05, 0) is 42.8 Å². The zero-order chi connectivity index (χ0) is 15.9. The van der Waals surface area contributed by atoms with E-state index in [-0.39, 0.29) is 5.78 Å². The first kappa shape index (κ1) is 15.9. The Kier molecular flexibility index (Phi) is 5.42. The molecule has 2 aromatic rings. The SMILES string of the molecule is CCOc1ccc(CC(=O)c2cc(OC)ccc2OC)cc1. The quantitative estimate of drug-likeness (QED) is 0.734. The summed E-state index contributed by atoms with van der Waals surface area (Å²) in [5, 5.41) is 0. The molecule has 0 saturated carbocycles. The second-order valence-electron chi connectivity index (χ2n) is 4.74. The first-order chi connectivity index (χ1) is 10.7. The van der Waals surface area contributed by atoms with E-state index in [0.717, 1.165) is 11.3 Å². The molecule has 0 atom stereocenters. The maximum Gasteiger partial charge on any atom is 0.171 e. The van der Waals surface area contributed by atoms with Gasteiger partial charge >= 0.3 is 0 Å². The van der Waals surface area contributed by atoms with Crippen molar-refractivity contribution in [2.75, 3.05) is 20.8 Å². The molecular formula is C18H20O4. The fraction of sp³-hybridized carbons (Fsp3) is 0.278. The first-order valence-electron chi connectivity index (χ1n) is 7.15. The Balaban J connectivity index is 2.17. The lowest BCUT2D eigenvalue weighted by Crippen LogP contribution is -2.06. The number of hydrogen-bond acceptors (Lipinski definition) is 4. The summed E-state index contributed by atoms with van der Waals surface area (Å²) in [6, 6.07) is 12.8. The standard InChI is InChI=1S/C18H20O4/c1-4-22-14-7-5-13(6-8-14)11-17(19)16-12-15(20-2)9-10-18(16)21-3/h5-10,12H,4,11H2,1-3H3. The zero-order valence-corrected chi connectivity index (χ0v) is 13.1. The van der Waals surface area contributed by atoms with Crippen LogP contribution in [0.5, 0.6) is 17.2 Å². The van der Waals surface area contributed by atoms with Crippen molar-refractivity contribution in [3.63, 3.8) is 0 Å². The van der Waals surface area contributed by atoms with Crippen molar-refractivity contribution in [3.05, 3.63) is 53.6 Å². The van der Waals surface area contributed by atoms with Crippen LogP contribution in [0, 0.1) is 0 Å². The highest BCUT2D eigenvalue weighted by Gasteiger charge is 2.14. The second-order valence-corrected chi connectivity index (χ2v) is 4.74. The lowest BCUT2D eigenvalue weighted by atomic mass is 10.0. The molecule has 0 aliphatic rings. The van der Waals surface area contributed by atoms with E-state index in [4.69, 9.17) is 14.2 Å². The molecule has 0 fully saturated rings. The molecule has 0 radical (unpaired) electrons. The van der Waals surface area contributed by atoms with Crippen LogP contribution >= 0.6 is 0 Å². The number of carbonyl (C=O) groups is 1. The monoisotopic (exact) mass is 300 g/mol. The molecule has 4 nitrogen and oxygen atoms in total. The molecule has 0 saturated heterocycles. The molecule has 0 N–H and O–H groups in total. The summed E-state index contributed by atoms with van der Waals surface area (Å²) < 4.78 is 15.8. The van der Waals surface area contributed by atoms with Gasteiger partial charge in [-0.15, -0.1) is 0 Å². The van der Waals surface area contributed by atoms with Crippen LogP contribution in [0.25, 0.3) is 0 Å². The highest BCUT2D eigenvalue weighted by Crippen LogP contribution is 2.25. The molecule has 0 unspecified atom stereocenters. The fourth-order valence-corrected chi connectivity index (χ4v) is 2.18. The lowest BCUT2D eigenvalue weighted by Gasteiger charge is -2.10. The molecule has 0 spiro atoms. The third kappa shape index (κ3) is 3.79. The molecule has 22 heavy (non-hydrogen) atoms. The van der Waals surface area contributed by atoms with E-state index in [0.29, 0.717) is 30.1 Å². The van der Waals surface area contributed by atoms with Gasteiger partial charge in [0.2, 0.25) is 0 Å². The number of carbonyl (C=O) groups excluding carboxylic acids is 1. The van der Waals surface area contributed by atoms with Gasteiger partial charge in [-0.25, -0.2) is 0 Å². The third-order valence-electron chi connectivity index (χ3n) is 3.31. The van der Waals surface area contributed by atoms with Gasteiger partial charge in [0.15, 0.2) is 5.78 Å². The summed E-state index contributed by atoms with van der Waals surface area (Å²) in [6.45, 7) is 2.56. The van der Waals surface area contributed by atoms with Crippen LogP contribution in [-0.4, -0.2) is 26.6 Å². The molecule has 0 bridgehead atoms. The van der Waals surface area contributed by atoms with Crippen LogP contribution < -0.4 is 14.2 Å². The largest absolute Gasteiger partial charge is 0.497 e. The molecule has 2 rings (SSSR count). The number of ketones is 1. The Bertz CT molecular complexity index is 632. The minimum atomic E-state index is -0.0140. The Labute approximate surface area is 130 Å². The molecule has 2 aromatic carbocycles. The molecule has 4 heteroatoms. The Morgan fingerprint density at radius 1 is 0.955 bits per heavy atom. The van der Waals surface area contributed by atoms with E-state index in [1.54, 1.807) is 32.4 Å². The fourth-order valence-electron chi connectivity index (χ4n) is 2.18. The van der Waals surface area contributed by atoms with Crippen molar-refractivity contribution >= 4 is 5.78 Å². The average Bonchev–Trinajstić information content (AvgIpc) is 2.56. The predicted octanol–water partition coefficient (Wildman–Crippen LogP) is 3.53. The number of benzene rings is 2.